The van der Waals surface area contributed by atoms with E-state index in [-0.39, 0.29) is 5.75 Å². The zero-order valence-electron chi connectivity index (χ0n) is 11.1. The van der Waals surface area contributed by atoms with E-state index in [1.54, 1.807) is 25.3 Å². The minimum atomic E-state index is -3.26. The van der Waals surface area contributed by atoms with Crippen LogP contribution in [-0.4, -0.2) is 24.1 Å². The van der Waals surface area contributed by atoms with E-state index in [1.165, 1.54) is 6.20 Å². The molecule has 7 heteroatoms. The Kier molecular flexibility index (Phi) is 4.52. The Balaban J connectivity index is 1.95. The second-order valence-electron chi connectivity index (χ2n) is 4.11. The van der Waals surface area contributed by atoms with E-state index >= 15 is 0 Å². The van der Waals surface area contributed by atoms with Crippen LogP contribution < -0.4 is 10.0 Å². The number of rotatable bonds is 6. The molecule has 0 saturated carbocycles. The zero-order valence-corrected chi connectivity index (χ0v) is 11.9. The molecule has 0 fully saturated rings. The number of hydrogen-bond donors (Lipinski definition) is 2. The first-order chi connectivity index (χ1) is 9.59. The normalized spacial score (nSPS) is 11.1. The Labute approximate surface area is 118 Å². The van der Waals surface area contributed by atoms with Gasteiger partial charge >= 0.3 is 0 Å². The smallest absolute Gasteiger partial charge is 0.232 e. The number of aromatic nitrogens is 2. The Morgan fingerprint density at radius 2 is 2.00 bits per heavy atom. The molecule has 2 rings (SSSR count). The van der Waals surface area contributed by atoms with Gasteiger partial charge in [-0.15, -0.1) is 0 Å². The first kappa shape index (κ1) is 14.3. The first-order valence-electron chi connectivity index (χ1n) is 6.19. The molecular formula is C13H16N4O2S. The summed E-state index contributed by atoms with van der Waals surface area (Å²) in [5.41, 5.74) is 1.36. The van der Waals surface area contributed by atoms with Crippen LogP contribution in [0.25, 0.3) is 0 Å². The van der Waals surface area contributed by atoms with Gasteiger partial charge in [0, 0.05) is 6.20 Å². The molecule has 0 amide bonds. The number of pyridine rings is 2. The maximum Gasteiger partial charge on any atom is 0.232 e. The second kappa shape index (κ2) is 6.33. The third kappa shape index (κ3) is 4.20. The van der Waals surface area contributed by atoms with Crippen LogP contribution in [0.1, 0.15) is 12.6 Å². The molecular weight excluding hydrogens is 276 g/mol. The summed E-state index contributed by atoms with van der Waals surface area (Å²) in [6.07, 6.45) is 3.21. The Morgan fingerprint density at radius 3 is 2.60 bits per heavy atom. The number of anilines is 2. The quantitative estimate of drug-likeness (QED) is 0.849. The highest BCUT2D eigenvalue weighted by Gasteiger charge is 2.06. The largest absolute Gasteiger partial charge is 0.364 e. The van der Waals surface area contributed by atoms with Crippen LogP contribution in [0.4, 0.5) is 11.5 Å². The van der Waals surface area contributed by atoms with E-state index in [0.29, 0.717) is 18.1 Å². The van der Waals surface area contributed by atoms with Crippen molar-refractivity contribution in [3.63, 3.8) is 0 Å². The average Bonchev–Trinajstić information content (AvgIpc) is 2.47. The number of nitrogens with one attached hydrogen (secondary N) is 2. The minimum absolute atomic E-state index is 0.0344. The van der Waals surface area contributed by atoms with Gasteiger partial charge in [0.05, 0.1) is 29.9 Å². The fourth-order valence-corrected chi connectivity index (χ4v) is 2.12. The number of hydrogen-bond acceptors (Lipinski definition) is 5. The van der Waals surface area contributed by atoms with Crippen molar-refractivity contribution in [1.29, 1.82) is 0 Å². The van der Waals surface area contributed by atoms with Crippen LogP contribution in [-0.2, 0) is 16.6 Å². The highest BCUT2D eigenvalue weighted by atomic mass is 32.2. The van der Waals surface area contributed by atoms with Gasteiger partial charge in [0.1, 0.15) is 5.82 Å². The molecule has 2 heterocycles. The summed E-state index contributed by atoms with van der Waals surface area (Å²) in [6, 6.07) is 9.07. The van der Waals surface area contributed by atoms with Crippen molar-refractivity contribution in [2.24, 2.45) is 0 Å². The molecule has 0 bridgehead atoms. The van der Waals surface area contributed by atoms with Crippen LogP contribution in [0.5, 0.6) is 0 Å². The summed E-state index contributed by atoms with van der Waals surface area (Å²) >= 11 is 0. The zero-order chi connectivity index (χ0) is 14.4. The fourth-order valence-electron chi connectivity index (χ4n) is 1.49. The lowest BCUT2D eigenvalue weighted by Gasteiger charge is -2.08. The molecule has 0 aliphatic rings. The standard InChI is InChI=1S/C13H16N4O2S/c1-2-20(18,19)17-12-6-7-13(16-10-12)15-9-11-5-3-4-8-14-11/h3-8,10,17H,2,9H2,1H3,(H,15,16). The van der Waals surface area contributed by atoms with Crippen LogP contribution in [0.15, 0.2) is 42.7 Å². The van der Waals surface area contributed by atoms with Gasteiger partial charge in [0.15, 0.2) is 0 Å². The molecule has 0 atom stereocenters. The van der Waals surface area contributed by atoms with Crippen molar-refractivity contribution in [2.75, 3.05) is 15.8 Å². The molecule has 0 aliphatic carbocycles. The van der Waals surface area contributed by atoms with E-state index in [4.69, 9.17) is 0 Å². The molecule has 0 saturated heterocycles. The summed E-state index contributed by atoms with van der Waals surface area (Å²) < 4.78 is 25.2. The van der Waals surface area contributed by atoms with Gasteiger partial charge in [0.25, 0.3) is 0 Å². The predicted octanol–water partition coefficient (Wildman–Crippen LogP) is 1.85. The molecule has 106 valence electrons. The monoisotopic (exact) mass is 292 g/mol. The maximum absolute atomic E-state index is 11.4. The van der Waals surface area contributed by atoms with Gasteiger partial charge in [-0.3, -0.25) is 9.71 Å². The van der Waals surface area contributed by atoms with Crippen LogP contribution >= 0.6 is 0 Å². The number of sulfonamides is 1. The van der Waals surface area contributed by atoms with Crippen molar-refractivity contribution in [3.8, 4) is 0 Å². The molecule has 0 spiro atoms. The van der Waals surface area contributed by atoms with Crippen molar-refractivity contribution in [1.82, 2.24) is 9.97 Å². The van der Waals surface area contributed by atoms with Crippen LogP contribution in [0, 0.1) is 0 Å². The van der Waals surface area contributed by atoms with E-state index in [0.717, 1.165) is 5.69 Å². The summed E-state index contributed by atoms with van der Waals surface area (Å²) in [5.74, 6) is 0.697. The molecule has 20 heavy (non-hydrogen) atoms. The summed E-state index contributed by atoms with van der Waals surface area (Å²) in [5, 5.41) is 3.11. The summed E-state index contributed by atoms with van der Waals surface area (Å²) in [7, 11) is -3.26. The second-order valence-corrected chi connectivity index (χ2v) is 6.12. The Hall–Kier alpha value is -2.15. The van der Waals surface area contributed by atoms with Gasteiger partial charge in [0.2, 0.25) is 10.0 Å². The molecule has 0 radical (unpaired) electrons. The summed E-state index contributed by atoms with van der Waals surface area (Å²) in [6.45, 7) is 2.15. The van der Waals surface area contributed by atoms with E-state index in [1.807, 2.05) is 18.2 Å². The molecule has 2 aromatic rings. The summed E-state index contributed by atoms with van der Waals surface area (Å²) in [4.78, 5) is 8.34. The third-order valence-corrected chi connectivity index (χ3v) is 3.90. The van der Waals surface area contributed by atoms with Gasteiger partial charge in [-0.1, -0.05) is 6.07 Å². The highest BCUT2D eigenvalue weighted by Crippen LogP contribution is 2.12. The topological polar surface area (TPSA) is 84.0 Å². The van der Waals surface area contributed by atoms with Crippen LogP contribution in [0.3, 0.4) is 0 Å². The Morgan fingerprint density at radius 1 is 1.15 bits per heavy atom. The lowest BCUT2D eigenvalue weighted by atomic mass is 10.3. The SMILES string of the molecule is CCS(=O)(=O)Nc1ccc(NCc2ccccn2)nc1. The molecule has 6 nitrogen and oxygen atoms in total. The van der Waals surface area contributed by atoms with E-state index in [9.17, 15) is 8.42 Å². The van der Waals surface area contributed by atoms with Gasteiger partial charge in [-0.2, -0.15) is 0 Å². The maximum atomic E-state index is 11.4. The molecule has 0 unspecified atom stereocenters. The molecule has 0 aliphatic heterocycles. The van der Waals surface area contributed by atoms with Crippen LogP contribution in [0.2, 0.25) is 0 Å². The van der Waals surface area contributed by atoms with Crippen molar-refractivity contribution >= 4 is 21.5 Å². The highest BCUT2D eigenvalue weighted by molar-refractivity contribution is 7.92. The van der Waals surface area contributed by atoms with Crippen molar-refractivity contribution < 1.29 is 8.42 Å². The van der Waals surface area contributed by atoms with Gasteiger partial charge in [-0.05, 0) is 31.2 Å². The fraction of sp³-hybridized carbons (Fsp3) is 0.231. The lowest BCUT2D eigenvalue weighted by molar-refractivity contribution is 0.602. The molecule has 2 aromatic heterocycles. The van der Waals surface area contributed by atoms with Gasteiger partial charge in [-0.25, -0.2) is 13.4 Å². The van der Waals surface area contributed by atoms with Gasteiger partial charge < -0.3 is 5.32 Å². The predicted molar refractivity (Wildman–Crippen MR) is 78.9 cm³/mol. The Bertz CT molecular complexity index is 642. The molecule has 0 aromatic carbocycles. The van der Waals surface area contributed by atoms with E-state index in [2.05, 4.69) is 20.0 Å². The molecule has 2 N–H and O–H groups in total. The lowest BCUT2D eigenvalue weighted by Crippen LogP contribution is -2.14. The third-order valence-electron chi connectivity index (χ3n) is 2.59. The van der Waals surface area contributed by atoms with Crippen molar-refractivity contribution in [2.45, 2.75) is 13.5 Å². The first-order valence-corrected chi connectivity index (χ1v) is 7.84. The van der Waals surface area contributed by atoms with E-state index < -0.39 is 10.0 Å². The average molecular weight is 292 g/mol. The number of nitrogens with zero attached hydrogens (tertiary/aromatic N) is 2. The minimum Gasteiger partial charge on any atom is -0.364 e. The van der Waals surface area contributed by atoms with Crippen molar-refractivity contribution in [3.05, 3.63) is 48.4 Å².